The minimum atomic E-state index is -0.330. The Morgan fingerprint density at radius 1 is 1.07 bits per heavy atom. The fourth-order valence-electron chi connectivity index (χ4n) is 3.55. The number of carbonyl (C=O) groups is 1. The zero-order valence-corrected chi connectivity index (χ0v) is 16.0. The van der Waals surface area contributed by atoms with Crippen molar-refractivity contribution in [1.82, 2.24) is 14.9 Å². The van der Waals surface area contributed by atoms with Gasteiger partial charge >= 0.3 is 5.69 Å². The van der Waals surface area contributed by atoms with Crippen LogP contribution in [0.1, 0.15) is 26.6 Å². The van der Waals surface area contributed by atoms with Crippen LogP contribution in [0, 0.1) is 6.92 Å². The number of aromatic amines is 2. The molecule has 7 heteroatoms. The minimum Gasteiger partial charge on any atom is -0.369 e. The molecule has 3 aromatic rings. The highest BCUT2D eigenvalue weighted by atomic mass is 32.1. The normalized spacial score (nSPS) is 15.2. The van der Waals surface area contributed by atoms with E-state index in [1.807, 2.05) is 11.4 Å². The number of para-hydroxylation sites is 1. The second-order valence-corrected chi connectivity index (χ2v) is 7.74. The van der Waals surface area contributed by atoms with Crippen LogP contribution >= 0.6 is 11.3 Å². The molecule has 0 saturated carbocycles. The molecule has 3 heterocycles. The van der Waals surface area contributed by atoms with Gasteiger partial charge in [-0.2, -0.15) is 0 Å². The maximum absolute atomic E-state index is 12.7. The lowest BCUT2D eigenvalue weighted by Gasteiger charge is -2.36. The first-order valence-corrected chi connectivity index (χ1v) is 9.92. The van der Waals surface area contributed by atoms with Gasteiger partial charge in [0.05, 0.1) is 10.6 Å². The van der Waals surface area contributed by atoms with Gasteiger partial charge in [-0.05, 0) is 30.0 Å². The van der Waals surface area contributed by atoms with Crippen LogP contribution in [0.4, 0.5) is 5.69 Å². The molecule has 140 valence electrons. The van der Waals surface area contributed by atoms with E-state index in [0.29, 0.717) is 22.8 Å². The molecule has 2 aromatic heterocycles. The Morgan fingerprint density at radius 3 is 2.56 bits per heavy atom. The number of imidazole rings is 1. The Morgan fingerprint density at radius 2 is 1.85 bits per heavy atom. The SMILES string of the molecule is Cc1ccccc1N1CCN(Cc2[nH]c(=O)[nH]c2C(=O)c2cccs2)CC1. The van der Waals surface area contributed by atoms with Crippen molar-refractivity contribution in [2.24, 2.45) is 0 Å². The quantitative estimate of drug-likeness (QED) is 0.666. The van der Waals surface area contributed by atoms with Crippen LogP contribution < -0.4 is 10.6 Å². The molecular formula is C20H22N4O2S. The number of hydrogen-bond donors (Lipinski definition) is 2. The maximum atomic E-state index is 12.7. The van der Waals surface area contributed by atoms with Gasteiger partial charge in [0.25, 0.3) is 0 Å². The summed E-state index contributed by atoms with van der Waals surface area (Å²) in [6.07, 6.45) is 0. The van der Waals surface area contributed by atoms with E-state index in [-0.39, 0.29) is 11.5 Å². The van der Waals surface area contributed by atoms with Crippen molar-refractivity contribution in [2.45, 2.75) is 13.5 Å². The van der Waals surface area contributed by atoms with E-state index in [1.54, 1.807) is 6.07 Å². The summed E-state index contributed by atoms with van der Waals surface area (Å²) in [6.45, 7) is 6.31. The molecule has 0 atom stereocenters. The van der Waals surface area contributed by atoms with E-state index >= 15 is 0 Å². The number of carbonyl (C=O) groups excluding carboxylic acids is 1. The van der Waals surface area contributed by atoms with Crippen molar-refractivity contribution in [3.63, 3.8) is 0 Å². The summed E-state index contributed by atoms with van der Waals surface area (Å²) in [4.78, 5) is 35.2. The van der Waals surface area contributed by atoms with Crippen molar-refractivity contribution < 1.29 is 4.79 Å². The van der Waals surface area contributed by atoms with Gasteiger partial charge in [0.1, 0.15) is 5.69 Å². The Labute approximate surface area is 161 Å². The molecule has 0 radical (unpaired) electrons. The molecule has 2 N–H and O–H groups in total. The van der Waals surface area contributed by atoms with Crippen molar-refractivity contribution in [3.05, 3.63) is 74.1 Å². The maximum Gasteiger partial charge on any atom is 0.323 e. The number of H-pyrrole nitrogens is 2. The van der Waals surface area contributed by atoms with Gasteiger partial charge in [0.15, 0.2) is 0 Å². The number of aromatic nitrogens is 2. The summed E-state index contributed by atoms with van der Waals surface area (Å²) in [5.41, 5.74) is 3.28. The standard InChI is InChI=1S/C20H22N4O2S/c1-14-5-2-3-6-16(14)24-10-8-23(9-11-24)13-15-18(22-20(26)21-15)19(25)17-7-4-12-27-17/h2-7,12H,8-11,13H2,1H3,(H2,21,22,26). The fourth-order valence-corrected chi connectivity index (χ4v) is 4.22. The average Bonchev–Trinajstić information content (AvgIpc) is 3.32. The predicted octanol–water partition coefficient (Wildman–Crippen LogP) is 2.63. The molecule has 1 aromatic carbocycles. The Kier molecular flexibility index (Phi) is 4.96. The topological polar surface area (TPSA) is 72.2 Å². The molecule has 1 saturated heterocycles. The second kappa shape index (κ2) is 7.54. The monoisotopic (exact) mass is 382 g/mol. The van der Waals surface area contributed by atoms with Gasteiger partial charge in [-0.15, -0.1) is 11.3 Å². The Bertz CT molecular complexity index is 982. The van der Waals surface area contributed by atoms with Crippen LogP contribution in [0.25, 0.3) is 0 Å². The molecule has 1 fully saturated rings. The zero-order valence-electron chi connectivity index (χ0n) is 15.2. The molecule has 4 rings (SSSR count). The highest BCUT2D eigenvalue weighted by Gasteiger charge is 2.23. The largest absolute Gasteiger partial charge is 0.369 e. The van der Waals surface area contributed by atoms with Crippen LogP contribution in [0.3, 0.4) is 0 Å². The van der Waals surface area contributed by atoms with Crippen LogP contribution in [0.2, 0.25) is 0 Å². The molecule has 27 heavy (non-hydrogen) atoms. The lowest BCUT2D eigenvalue weighted by molar-refractivity contribution is 0.103. The number of hydrogen-bond acceptors (Lipinski definition) is 5. The predicted molar refractivity (Wildman–Crippen MR) is 108 cm³/mol. The molecule has 1 aliphatic rings. The van der Waals surface area contributed by atoms with Gasteiger partial charge in [-0.1, -0.05) is 24.3 Å². The van der Waals surface area contributed by atoms with E-state index in [2.05, 4.69) is 51.0 Å². The number of aryl methyl sites for hydroxylation is 1. The van der Waals surface area contributed by atoms with Crippen molar-refractivity contribution in [2.75, 3.05) is 31.1 Å². The van der Waals surface area contributed by atoms with Gasteiger partial charge in [0, 0.05) is 38.4 Å². The lowest BCUT2D eigenvalue weighted by Crippen LogP contribution is -2.46. The number of benzene rings is 1. The summed E-state index contributed by atoms with van der Waals surface area (Å²) < 4.78 is 0. The van der Waals surface area contributed by atoms with E-state index in [0.717, 1.165) is 26.2 Å². The van der Waals surface area contributed by atoms with Crippen LogP contribution in [-0.2, 0) is 6.54 Å². The number of nitrogens with zero attached hydrogens (tertiary/aromatic N) is 2. The third-order valence-electron chi connectivity index (χ3n) is 4.99. The number of ketones is 1. The first-order valence-electron chi connectivity index (χ1n) is 9.04. The van der Waals surface area contributed by atoms with Gasteiger partial charge in [-0.25, -0.2) is 4.79 Å². The number of nitrogens with one attached hydrogen (secondary N) is 2. The van der Waals surface area contributed by atoms with Crippen LogP contribution in [0.5, 0.6) is 0 Å². The molecule has 0 spiro atoms. The highest BCUT2D eigenvalue weighted by Crippen LogP contribution is 2.22. The Hall–Kier alpha value is -2.64. The summed E-state index contributed by atoms with van der Waals surface area (Å²) in [6, 6.07) is 12.0. The van der Waals surface area contributed by atoms with Crippen molar-refractivity contribution in [1.29, 1.82) is 0 Å². The summed E-state index contributed by atoms with van der Waals surface area (Å²) >= 11 is 1.38. The first kappa shape index (κ1) is 17.8. The fraction of sp³-hybridized carbons (Fsp3) is 0.300. The molecule has 0 bridgehead atoms. The number of anilines is 1. The number of rotatable bonds is 5. The molecule has 0 amide bonds. The van der Waals surface area contributed by atoms with E-state index < -0.39 is 0 Å². The van der Waals surface area contributed by atoms with E-state index in [4.69, 9.17) is 0 Å². The zero-order chi connectivity index (χ0) is 18.8. The highest BCUT2D eigenvalue weighted by molar-refractivity contribution is 7.12. The van der Waals surface area contributed by atoms with Crippen LogP contribution in [0.15, 0.2) is 46.6 Å². The minimum absolute atomic E-state index is 0.128. The molecule has 0 unspecified atom stereocenters. The smallest absolute Gasteiger partial charge is 0.323 e. The molecule has 0 aliphatic carbocycles. The van der Waals surface area contributed by atoms with Crippen molar-refractivity contribution >= 4 is 22.8 Å². The van der Waals surface area contributed by atoms with Crippen LogP contribution in [-0.4, -0.2) is 46.8 Å². The molecule has 6 nitrogen and oxygen atoms in total. The van der Waals surface area contributed by atoms with E-state index in [1.165, 1.54) is 22.6 Å². The third kappa shape index (κ3) is 3.74. The van der Waals surface area contributed by atoms with Gasteiger partial charge in [-0.3, -0.25) is 9.69 Å². The second-order valence-electron chi connectivity index (χ2n) is 6.79. The van der Waals surface area contributed by atoms with Gasteiger partial charge in [0.2, 0.25) is 5.78 Å². The summed E-state index contributed by atoms with van der Waals surface area (Å²) in [7, 11) is 0. The first-order chi connectivity index (χ1) is 13.1. The molecular weight excluding hydrogens is 360 g/mol. The Balaban J connectivity index is 1.45. The number of piperazine rings is 1. The summed E-state index contributed by atoms with van der Waals surface area (Å²) in [5, 5.41) is 1.86. The van der Waals surface area contributed by atoms with Crippen molar-refractivity contribution in [3.8, 4) is 0 Å². The average molecular weight is 382 g/mol. The lowest BCUT2D eigenvalue weighted by atomic mass is 10.1. The van der Waals surface area contributed by atoms with Gasteiger partial charge < -0.3 is 14.9 Å². The summed E-state index contributed by atoms with van der Waals surface area (Å²) in [5.74, 6) is -0.128. The van der Waals surface area contributed by atoms with E-state index in [9.17, 15) is 9.59 Å². The third-order valence-corrected chi connectivity index (χ3v) is 5.86. The number of thiophene rings is 1. The molecule has 1 aliphatic heterocycles.